The summed E-state index contributed by atoms with van der Waals surface area (Å²) < 4.78 is 0. The number of carbonyl (C=O) groups is 1. The van der Waals surface area contributed by atoms with E-state index < -0.39 is 0 Å². The maximum Gasteiger partial charge on any atom is 0.227 e. The van der Waals surface area contributed by atoms with Crippen molar-refractivity contribution in [3.8, 4) is 0 Å². The third-order valence-corrected chi connectivity index (χ3v) is 7.59. The summed E-state index contributed by atoms with van der Waals surface area (Å²) in [6, 6.07) is 1.70. The molecule has 3 atom stereocenters. The van der Waals surface area contributed by atoms with Gasteiger partial charge in [0.05, 0.1) is 5.92 Å². The molecule has 0 aromatic carbocycles. The Kier molecular flexibility index (Phi) is 2.75. The maximum atomic E-state index is 13.0. The first-order valence-electron chi connectivity index (χ1n) is 9.21. The summed E-state index contributed by atoms with van der Waals surface area (Å²) in [6.45, 7) is 0. The topological polar surface area (TPSA) is 32.3 Å². The fourth-order valence-electron chi connectivity index (χ4n) is 7.03. The molecular weight excluding hydrogens is 260 g/mol. The molecule has 2 aliphatic heterocycles. The van der Waals surface area contributed by atoms with E-state index in [9.17, 15) is 4.79 Å². The van der Waals surface area contributed by atoms with E-state index in [1.54, 1.807) is 0 Å². The Hall–Kier alpha value is -0.570. The zero-order valence-electron chi connectivity index (χ0n) is 13.1. The first-order chi connectivity index (χ1) is 10.2. The van der Waals surface area contributed by atoms with Gasteiger partial charge >= 0.3 is 0 Å². The summed E-state index contributed by atoms with van der Waals surface area (Å²) in [5.41, 5.74) is 0. The molecule has 4 aliphatic carbocycles. The number of nitrogens with zero attached hydrogens (tertiary/aromatic N) is 1. The summed E-state index contributed by atoms with van der Waals surface area (Å²) >= 11 is 0. The second-order valence-electron chi connectivity index (χ2n) is 8.76. The molecule has 3 unspecified atom stereocenters. The lowest BCUT2D eigenvalue weighted by Crippen LogP contribution is -2.57. The second kappa shape index (κ2) is 4.47. The Labute approximate surface area is 127 Å². The lowest BCUT2D eigenvalue weighted by atomic mass is 9.54. The highest BCUT2D eigenvalue weighted by Crippen LogP contribution is 2.55. The van der Waals surface area contributed by atoms with Crippen molar-refractivity contribution in [3.05, 3.63) is 0 Å². The quantitative estimate of drug-likeness (QED) is 0.846. The lowest BCUT2D eigenvalue weighted by Gasteiger charge is -2.56. The van der Waals surface area contributed by atoms with Gasteiger partial charge in [0.25, 0.3) is 0 Å². The molecule has 6 rings (SSSR count). The number of rotatable bonds is 2. The Bertz CT molecular complexity index is 434. The van der Waals surface area contributed by atoms with Crippen molar-refractivity contribution >= 4 is 5.91 Å². The van der Waals surface area contributed by atoms with Gasteiger partial charge in [-0.2, -0.15) is 0 Å². The van der Waals surface area contributed by atoms with E-state index in [1.165, 1.54) is 44.9 Å². The second-order valence-corrected chi connectivity index (χ2v) is 8.76. The fraction of sp³-hybridized carbons (Fsp3) is 0.944. The highest BCUT2D eigenvalue weighted by molar-refractivity contribution is 5.80. The van der Waals surface area contributed by atoms with E-state index in [0.717, 1.165) is 30.1 Å². The van der Waals surface area contributed by atoms with Crippen molar-refractivity contribution < 1.29 is 4.79 Å². The van der Waals surface area contributed by atoms with E-state index in [-0.39, 0.29) is 5.92 Å². The highest BCUT2D eigenvalue weighted by atomic mass is 16.2. The fourth-order valence-corrected chi connectivity index (χ4v) is 7.03. The number of fused-ring (bicyclic) bond motifs is 2. The summed E-state index contributed by atoms with van der Waals surface area (Å²) in [5.74, 6) is 4.38. The number of amides is 1. The van der Waals surface area contributed by atoms with Crippen molar-refractivity contribution in [1.82, 2.24) is 10.2 Å². The van der Waals surface area contributed by atoms with E-state index >= 15 is 0 Å². The van der Waals surface area contributed by atoms with E-state index in [0.29, 0.717) is 24.0 Å². The van der Waals surface area contributed by atoms with Crippen molar-refractivity contribution in [3.63, 3.8) is 0 Å². The van der Waals surface area contributed by atoms with Gasteiger partial charge in [0, 0.05) is 25.2 Å². The van der Waals surface area contributed by atoms with Crippen LogP contribution in [-0.2, 0) is 4.79 Å². The normalized spacial score (nSPS) is 53.4. The van der Waals surface area contributed by atoms with Crippen LogP contribution in [0.2, 0.25) is 0 Å². The van der Waals surface area contributed by atoms with Crippen molar-refractivity contribution in [1.29, 1.82) is 0 Å². The molecule has 1 amide bonds. The average Bonchev–Trinajstić information content (AvgIpc) is 3.07. The molecule has 116 valence electrons. The van der Waals surface area contributed by atoms with E-state index in [1.807, 2.05) is 0 Å². The van der Waals surface area contributed by atoms with Gasteiger partial charge in [0.15, 0.2) is 0 Å². The van der Waals surface area contributed by atoms with Crippen LogP contribution in [0, 0.1) is 29.6 Å². The number of nitrogens with one attached hydrogen (secondary N) is 1. The van der Waals surface area contributed by atoms with E-state index in [2.05, 4.69) is 17.3 Å². The summed E-state index contributed by atoms with van der Waals surface area (Å²) in [6.07, 6.45) is 10.7. The monoisotopic (exact) mass is 288 g/mol. The zero-order chi connectivity index (χ0) is 14.1. The minimum Gasteiger partial charge on any atom is -0.342 e. The van der Waals surface area contributed by atoms with Crippen molar-refractivity contribution in [2.45, 2.75) is 69.5 Å². The van der Waals surface area contributed by atoms with Gasteiger partial charge in [-0.1, -0.05) is 0 Å². The first kappa shape index (κ1) is 12.9. The van der Waals surface area contributed by atoms with Crippen LogP contribution in [0.3, 0.4) is 0 Å². The number of hydrogen-bond donors (Lipinski definition) is 1. The molecule has 0 aromatic rings. The van der Waals surface area contributed by atoms with Gasteiger partial charge in [-0.05, 0) is 75.0 Å². The largest absolute Gasteiger partial charge is 0.342 e. The lowest BCUT2D eigenvalue weighted by molar-refractivity contribution is -0.146. The van der Waals surface area contributed by atoms with Gasteiger partial charge in [-0.25, -0.2) is 0 Å². The molecule has 6 aliphatic rings. The molecule has 4 saturated carbocycles. The Morgan fingerprint density at radius 3 is 2.14 bits per heavy atom. The van der Waals surface area contributed by atoms with Crippen LogP contribution >= 0.6 is 0 Å². The molecule has 0 radical (unpaired) electrons. The Morgan fingerprint density at radius 2 is 1.62 bits per heavy atom. The smallest absolute Gasteiger partial charge is 0.227 e. The average molecular weight is 288 g/mol. The summed E-state index contributed by atoms with van der Waals surface area (Å²) in [4.78, 5) is 15.3. The predicted octanol–water partition coefficient (Wildman–Crippen LogP) is 2.41. The van der Waals surface area contributed by atoms with Crippen LogP contribution in [0.4, 0.5) is 0 Å². The summed E-state index contributed by atoms with van der Waals surface area (Å²) in [7, 11) is 2.13. The highest BCUT2D eigenvalue weighted by Gasteiger charge is 2.52. The molecule has 6 bridgehead atoms. The van der Waals surface area contributed by atoms with Crippen LogP contribution < -0.4 is 5.32 Å². The minimum absolute atomic E-state index is 0.283. The minimum atomic E-state index is 0.283. The predicted molar refractivity (Wildman–Crippen MR) is 81.7 cm³/mol. The molecule has 21 heavy (non-hydrogen) atoms. The Balaban J connectivity index is 1.34. The Morgan fingerprint density at radius 1 is 0.952 bits per heavy atom. The molecule has 3 heteroatoms. The standard InChI is InChI=1S/C18H28N2O/c1-20(18(21)15-9-14-2-3-16(15)19-14)17-12-5-10-4-11(7-12)8-13(17)6-10/h10-17,19H,2-9H2,1H3. The van der Waals surface area contributed by atoms with Crippen LogP contribution in [0.1, 0.15) is 51.4 Å². The molecule has 0 spiro atoms. The van der Waals surface area contributed by atoms with Gasteiger partial charge in [-0.15, -0.1) is 0 Å². The summed E-state index contributed by atoms with van der Waals surface area (Å²) in [5, 5.41) is 3.63. The van der Waals surface area contributed by atoms with Gasteiger partial charge < -0.3 is 10.2 Å². The number of carbonyl (C=O) groups excluding carboxylic acids is 1. The zero-order valence-corrected chi connectivity index (χ0v) is 13.1. The van der Waals surface area contributed by atoms with Crippen molar-refractivity contribution in [2.24, 2.45) is 29.6 Å². The van der Waals surface area contributed by atoms with Crippen LogP contribution in [-0.4, -0.2) is 36.0 Å². The van der Waals surface area contributed by atoms with Gasteiger partial charge in [-0.3, -0.25) is 4.79 Å². The molecule has 1 N–H and O–H groups in total. The first-order valence-corrected chi connectivity index (χ1v) is 9.21. The SMILES string of the molecule is CN(C(=O)C1CC2CCC1N2)C1C2CC3CC(C2)CC1C3. The molecule has 3 nitrogen and oxygen atoms in total. The van der Waals surface area contributed by atoms with Crippen LogP contribution in [0.5, 0.6) is 0 Å². The maximum absolute atomic E-state index is 13.0. The molecule has 0 aromatic heterocycles. The number of hydrogen-bond acceptors (Lipinski definition) is 2. The van der Waals surface area contributed by atoms with Crippen LogP contribution in [0.25, 0.3) is 0 Å². The molecular formula is C18H28N2O. The van der Waals surface area contributed by atoms with E-state index in [4.69, 9.17) is 0 Å². The van der Waals surface area contributed by atoms with Gasteiger partial charge in [0.1, 0.15) is 0 Å². The molecule has 2 heterocycles. The van der Waals surface area contributed by atoms with Crippen molar-refractivity contribution in [2.75, 3.05) is 7.05 Å². The van der Waals surface area contributed by atoms with Gasteiger partial charge in [0.2, 0.25) is 5.91 Å². The third-order valence-electron chi connectivity index (χ3n) is 7.59. The molecule has 6 fully saturated rings. The van der Waals surface area contributed by atoms with Crippen LogP contribution in [0.15, 0.2) is 0 Å². The third kappa shape index (κ3) is 1.85. The molecule has 2 saturated heterocycles.